The molecular weight excluding hydrogens is 444 g/mol. The summed E-state index contributed by atoms with van der Waals surface area (Å²) in [6, 6.07) is 7.78. The number of tetrazole rings is 1. The van der Waals surface area contributed by atoms with Gasteiger partial charge in [0.25, 0.3) is 5.95 Å². The predicted octanol–water partition coefficient (Wildman–Crippen LogP) is 2.17. The monoisotopic (exact) mass is 462 g/mol. The maximum absolute atomic E-state index is 14.9. The quantitative estimate of drug-likeness (QED) is 0.520. The number of aromatic nitrogens is 5. The van der Waals surface area contributed by atoms with E-state index in [1.807, 2.05) is 0 Å². The largest absolute Gasteiger partial charge is 0.694 e. The SMILES string of the molecule is CN(c1ccc(-c2ccc(N3C[C@H](CO[P+](=O)O)OC3=O)cc2F)cn1)c1nnnn1C. The number of pyridine rings is 1. The molecule has 4 rings (SSSR count). The Hall–Kier alpha value is -3.54. The number of hydrogen-bond donors (Lipinski definition) is 1. The number of ether oxygens (including phenoxy) is 1. The number of carbonyl (C=O) groups excluding carboxylic acids is 1. The van der Waals surface area contributed by atoms with Crippen LogP contribution in [-0.4, -0.2) is 62.5 Å². The smallest absolute Gasteiger partial charge is 0.441 e. The molecule has 1 fully saturated rings. The van der Waals surface area contributed by atoms with Crippen molar-refractivity contribution in [3.63, 3.8) is 0 Å². The summed E-state index contributed by atoms with van der Waals surface area (Å²) in [5.41, 5.74) is 1.15. The third-order valence-electron chi connectivity index (χ3n) is 4.81. The Morgan fingerprint density at radius 1 is 1.38 bits per heavy atom. The van der Waals surface area contributed by atoms with E-state index < -0.39 is 26.3 Å². The molecule has 1 aliphatic heterocycles. The fourth-order valence-corrected chi connectivity index (χ4v) is 3.52. The van der Waals surface area contributed by atoms with Crippen LogP contribution in [-0.2, 0) is 20.9 Å². The summed E-state index contributed by atoms with van der Waals surface area (Å²) >= 11 is 0. The highest BCUT2D eigenvalue weighted by Crippen LogP contribution is 2.30. The third-order valence-corrected chi connectivity index (χ3v) is 5.18. The van der Waals surface area contributed by atoms with Crippen LogP contribution in [0.5, 0.6) is 0 Å². The van der Waals surface area contributed by atoms with E-state index >= 15 is 0 Å². The van der Waals surface area contributed by atoms with Crippen molar-refractivity contribution in [1.82, 2.24) is 25.2 Å². The molecule has 2 atom stereocenters. The van der Waals surface area contributed by atoms with Crippen molar-refractivity contribution in [2.45, 2.75) is 6.10 Å². The van der Waals surface area contributed by atoms with Gasteiger partial charge in [0.1, 0.15) is 24.3 Å². The van der Waals surface area contributed by atoms with E-state index in [1.54, 1.807) is 43.3 Å². The summed E-state index contributed by atoms with van der Waals surface area (Å²) < 4.78 is 36.7. The molecule has 1 unspecified atom stereocenters. The Bertz CT molecular complexity index is 1160. The van der Waals surface area contributed by atoms with Gasteiger partial charge >= 0.3 is 14.3 Å². The van der Waals surface area contributed by atoms with Crippen molar-refractivity contribution >= 4 is 31.8 Å². The van der Waals surface area contributed by atoms with E-state index in [0.29, 0.717) is 28.6 Å². The molecule has 0 aliphatic carbocycles. The van der Waals surface area contributed by atoms with Crippen LogP contribution in [0.15, 0.2) is 36.5 Å². The summed E-state index contributed by atoms with van der Waals surface area (Å²) in [7, 11) is 0.671. The zero-order valence-electron chi connectivity index (χ0n) is 17.0. The molecule has 3 aromatic rings. The third kappa shape index (κ3) is 4.40. The van der Waals surface area contributed by atoms with Gasteiger partial charge in [-0.25, -0.2) is 18.9 Å². The Balaban J connectivity index is 1.49. The van der Waals surface area contributed by atoms with E-state index in [9.17, 15) is 13.8 Å². The lowest BCUT2D eigenvalue weighted by Gasteiger charge is -2.16. The van der Waals surface area contributed by atoms with Crippen LogP contribution in [0.25, 0.3) is 11.1 Å². The summed E-state index contributed by atoms with van der Waals surface area (Å²) in [6.07, 6.45) is 0.113. The summed E-state index contributed by atoms with van der Waals surface area (Å²) in [6.45, 7) is -0.161. The van der Waals surface area contributed by atoms with Crippen LogP contribution >= 0.6 is 8.25 Å². The molecule has 0 saturated carbocycles. The molecule has 0 spiro atoms. The first kappa shape index (κ1) is 21.7. The van der Waals surface area contributed by atoms with Gasteiger partial charge in [-0.3, -0.25) is 9.80 Å². The lowest BCUT2D eigenvalue weighted by Crippen LogP contribution is -2.25. The second-order valence-corrected chi connectivity index (χ2v) is 7.61. The van der Waals surface area contributed by atoms with Crippen LogP contribution < -0.4 is 9.80 Å². The number of carbonyl (C=O) groups is 1. The van der Waals surface area contributed by atoms with Gasteiger partial charge in [-0.2, -0.15) is 0 Å². The number of halogens is 1. The molecule has 2 aromatic heterocycles. The zero-order chi connectivity index (χ0) is 22.8. The van der Waals surface area contributed by atoms with Gasteiger partial charge < -0.3 is 4.74 Å². The first-order chi connectivity index (χ1) is 15.3. The molecule has 32 heavy (non-hydrogen) atoms. The number of nitrogens with zero attached hydrogens (tertiary/aromatic N) is 7. The maximum Gasteiger partial charge on any atom is 0.694 e. The Morgan fingerprint density at radius 3 is 2.81 bits per heavy atom. The van der Waals surface area contributed by atoms with Gasteiger partial charge in [-0.1, -0.05) is 5.10 Å². The van der Waals surface area contributed by atoms with Gasteiger partial charge in [-0.15, -0.1) is 9.42 Å². The molecular formula is C18H18FN7O5P+. The number of amides is 1. The number of cyclic esters (lactones) is 1. The minimum atomic E-state index is -2.79. The molecule has 14 heteroatoms. The van der Waals surface area contributed by atoms with Crippen molar-refractivity contribution in [3.05, 3.63) is 42.3 Å². The van der Waals surface area contributed by atoms with Crippen molar-refractivity contribution < 1.29 is 27.9 Å². The van der Waals surface area contributed by atoms with Crippen molar-refractivity contribution in [3.8, 4) is 11.1 Å². The maximum atomic E-state index is 14.9. The van der Waals surface area contributed by atoms with Gasteiger partial charge in [0.2, 0.25) is 0 Å². The topological polar surface area (TPSA) is 136 Å². The number of benzene rings is 1. The van der Waals surface area contributed by atoms with Crippen LogP contribution in [0.1, 0.15) is 0 Å². The summed E-state index contributed by atoms with van der Waals surface area (Å²) in [5.74, 6) is 0.517. The molecule has 0 radical (unpaired) electrons. The zero-order valence-corrected chi connectivity index (χ0v) is 17.9. The van der Waals surface area contributed by atoms with Crippen molar-refractivity contribution in [2.24, 2.45) is 7.05 Å². The fraction of sp³-hybridized carbons (Fsp3) is 0.278. The molecule has 166 valence electrons. The van der Waals surface area contributed by atoms with E-state index in [2.05, 4.69) is 25.0 Å². The molecule has 1 aliphatic rings. The predicted molar refractivity (Wildman–Crippen MR) is 110 cm³/mol. The minimum absolute atomic E-state index is 0.0697. The average molecular weight is 462 g/mol. The van der Waals surface area contributed by atoms with Crippen LogP contribution in [0.4, 0.5) is 26.6 Å². The molecule has 0 bridgehead atoms. The Kier molecular flexibility index (Phi) is 6.04. The van der Waals surface area contributed by atoms with Crippen LogP contribution in [0.3, 0.4) is 0 Å². The Morgan fingerprint density at radius 2 is 2.19 bits per heavy atom. The lowest BCUT2D eigenvalue weighted by molar-refractivity contribution is 0.103. The highest BCUT2D eigenvalue weighted by Gasteiger charge is 2.35. The highest BCUT2D eigenvalue weighted by atomic mass is 31.1. The normalized spacial score (nSPS) is 16.2. The average Bonchev–Trinajstić information content (AvgIpc) is 3.37. The Labute approximate surface area is 182 Å². The van der Waals surface area contributed by atoms with E-state index in [0.717, 1.165) is 0 Å². The number of anilines is 3. The standard InChI is InChI=1S/C18H17FN7O5P/c1-24(17-21-22-23-25(17)2)16-6-3-11(8-20-16)14-5-4-12(7-15(14)19)26-9-13(31-18(26)27)10-30-32(28)29/h3-8,13H,9-10H2,1-2H3/p+1/t13-/m1/s1. The van der Waals surface area contributed by atoms with Crippen molar-refractivity contribution in [1.29, 1.82) is 0 Å². The molecule has 3 heterocycles. The van der Waals surface area contributed by atoms with Crippen LogP contribution in [0.2, 0.25) is 0 Å². The summed E-state index contributed by atoms with van der Waals surface area (Å²) in [4.78, 5) is 28.1. The highest BCUT2D eigenvalue weighted by molar-refractivity contribution is 7.32. The molecule has 1 aromatic carbocycles. The van der Waals surface area contributed by atoms with Gasteiger partial charge in [0, 0.05) is 36.0 Å². The molecule has 12 nitrogen and oxygen atoms in total. The molecule has 1 N–H and O–H groups in total. The van der Waals surface area contributed by atoms with Gasteiger partial charge in [-0.05, 0) is 40.8 Å². The second-order valence-electron chi connectivity index (χ2n) is 6.88. The first-order valence-corrected chi connectivity index (χ1v) is 10.5. The molecule has 1 saturated heterocycles. The van der Waals surface area contributed by atoms with Crippen molar-refractivity contribution in [2.75, 3.05) is 30.0 Å². The van der Waals surface area contributed by atoms with E-state index in [4.69, 9.17) is 9.63 Å². The van der Waals surface area contributed by atoms with Crippen LogP contribution in [0, 0.1) is 5.82 Å². The van der Waals surface area contributed by atoms with E-state index in [1.165, 1.54) is 21.8 Å². The minimum Gasteiger partial charge on any atom is -0.441 e. The van der Waals surface area contributed by atoms with Gasteiger partial charge in [0.05, 0.1) is 12.2 Å². The van der Waals surface area contributed by atoms with Gasteiger partial charge in [0.15, 0.2) is 0 Å². The lowest BCUT2D eigenvalue weighted by atomic mass is 10.1. The first-order valence-electron chi connectivity index (χ1n) is 9.32. The van der Waals surface area contributed by atoms with E-state index in [-0.39, 0.29) is 13.2 Å². The second kappa shape index (κ2) is 8.91. The fourth-order valence-electron chi connectivity index (χ4n) is 3.23. The molecule has 1 amide bonds. The summed E-state index contributed by atoms with van der Waals surface area (Å²) in [5, 5.41) is 11.3. The number of aryl methyl sites for hydroxylation is 1. The number of hydrogen-bond acceptors (Lipinski definition) is 9. The number of rotatable bonds is 7.